The number of H-pyrrole nitrogens is 2. The van der Waals surface area contributed by atoms with Gasteiger partial charge in [-0.2, -0.15) is 4.98 Å². The molecule has 0 aromatic carbocycles. The molecular weight excluding hydrogens is 316 g/mol. The number of piperidine rings is 1. The monoisotopic (exact) mass is 334 g/mol. The number of fused-ring (bicyclic) bond motifs is 1. The standard InChI is InChI=1S/C14H18N6O4/c15-14-17-11-9(12(22)18-14)5-8(16-11)6-10(21)19-20-3-1-7(2-4-20)13(23)24/h5,7H,1-4,6H2,(H,19,21)(H,23,24)(H4,15,16,17,18,22). The fraction of sp³-hybridized carbons (Fsp3) is 0.429. The number of nitrogens with two attached hydrogens (primary N) is 1. The number of hydrogen-bond donors (Lipinski definition) is 5. The average molecular weight is 334 g/mol. The highest BCUT2D eigenvalue weighted by atomic mass is 16.4. The van der Waals surface area contributed by atoms with Gasteiger partial charge in [0.1, 0.15) is 5.65 Å². The molecule has 1 amide bonds. The highest BCUT2D eigenvalue weighted by Crippen LogP contribution is 2.16. The summed E-state index contributed by atoms with van der Waals surface area (Å²) in [7, 11) is 0. The first-order valence-electron chi connectivity index (χ1n) is 7.57. The molecule has 2 aromatic heterocycles. The number of amides is 1. The van der Waals surface area contributed by atoms with Crippen LogP contribution in [0.4, 0.5) is 5.95 Å². The van der Waals surface area contributed by atoms with Gasteiger partial charge in [-0.3, -0.25) is 24.8 Å². The molecule has 0 unspecified atom stereocenters. The minimum Gasteiger partial charge on any atom is -0.481 e. The van der Waals surface area contributed by atoms with Crippen LogP contribution in [0.3, 0.4) is 0 Å². The Morgan fingerprint density at radius 2 is 2.08 bits per heavy atom. The lowest BCUT2D eigenvalue weighted by molar-refractivity contribution is -0.143. The van der Waals surface area contributed by atoms with Gasteiger partial charge in [-0.05, 0) is 18.9 Å². The minimum atomic E-state index is -0.795. The first kappa shape index (κ1) is 16.0. The maximum atomic E-state index is 12.1. The number of nitrogens with one attached hydrogen (secondary N) is 3. The molecule has 0 aliphatic carbocycles. The molecule has 3 rings (SSSR count). The third-order valence-electron chi connectivity index (χ3n) is 4.05. The highest BCUT2D eigenvalue weighted by molar-refractivity contribution is 5.82. The summed E-state index contributed by atoms with van der Waals surface area (Å²) >= 11 is 0. The van der Waals surface area contributed by atoms with Crippen LogP contribution in [0.15, 0.2) is 10.9 Å². The lowest BCUT2D eigenvalue weighted by Gasteiger charge is -2.30. The van der Waals surface area contributed by atoms with Crippen molar-refractivity contribution in [1.29, 1.82) is 0 Å². The van der Waals surface area contributed by atoms with Crippen molar-refractivity contribution in [1.82, 2.24) is 25.4 Å². The third-order valence-corrected chi connectivity index (χ3v) is 4.05. The lowest BCUT2D eigenvalue weighted by atomic mass is 9.98. The van der Waals surface area contributed by atoms with Gasteiger partial charge < -0.3 is 15.8 Å². The van der Waals surface area contributed by atoms with Gasteiger partial charge in [0.15, 0.2) is 0 Å². The number of carbonyl (C=O) groups excluding carboxylic acids is 1. The number of aromatic nitrogens is 3. The van der Waals surface area contributed by atoms with E-state index in [9.17, 15) is 14.4 Å². The molecule has 0 radical (unpaired) electrons. The fourth-order valence-electron chi connectivity index (χ4n) is 2.81. The molecular formula is C14H18N6O4. The van der Waals surface area contributed by atoms with Gasteiger partial charge in [0.2, 0.25) is 11.9 Å². The van der Waals surface area contributed by atoms with Crippen LogP contribution >= 0.6 is 0 Å². The number of hydrazine groups is 1. The summed E-state index contributed by atoms with van der Waals surface area (Å²) in [5.41, 5.74) is 8.74. The number of aromatic amines is 2. The number of nitrogen functional groups attached to an aromatic ring is 1. The van der Waals surface area contributed by atoms with Crippen LogP contribution in [0.2, 0.25) is 0 Å². The summed E-state index contributed by atoms with van der Waals surface area (Å²) in [6.07, 6.45) is 1.05. The van der Waals surface area contributed by atoms with E-state index in [1.54, 1.807) is 11.1 Å². The topological polar surface area (TPSA) is 157 Å². The van der Waals surface area contributed by atoms with Crippen LogP contribution < -0.4 is 16.7 Å². The Morgan fingerprint density at radius 1 is 1.38 bits per heavy atom. The lowest BCUT2D eigenvalue weighted by Crippen LogP contribution is -2.48. The second kappa shape index (κ2) is 6.32. The summed E-state index contributed by atoms with van der Waals surface area (Å²) in [5, 5.41) is 11.0. The van der Waals surface area contributed by atoms with Gasteiger partial charge in [0, 0.05) is 18.8 Å². The Labute approximate surface area is 136 Å². The van der Waals surface area contributed by atoms with Gasteiger partial charge in [0.25, 0.3) is 5.56 Å². The number of carboxylic acid groups (broad SMARTS) is 1. The molecule has 0 spiro atoms. The quantitative estimate of drug-likeness (QED) is 0.490. The largest absolute Gasteiger partial charge is 0.481 e. The van der Waals surface area contributed by atoms with Gasteiger partial charge in [-0.1, -0.05) is 0 Å². The van der Waals surface area contributed by atoms with E-state index in [-0.39, 0.29) is 29.8 Å². The summed E-state index contributed by atoms with van der Waals surface area (Å²) in [5.74, 6) is -1.39. The second-order valence-corrected chi connectivity index (χ2v) is 5.82. The Morgan fingerprint density at radius 3 is 2.75 bits per heavy atom. The van der Waals surface area contributed by atoms with Crippen molar-refractivity contribution in [2.24, 2.45) is 5.92 Å². The third kappa shape index (κ3) is 3.38. The van der Waals surface area contributed by atoms with Crippen LogP contribution in [0.5, 0.6) is 0 Å². The molecule has 1 fully saturated rings. The zero-order chi connectivity index (χ0) is 17.3. The number of nitrogens with zero attached hydrogens (tertiary/aromatic N) is 2. The first-order valence-corrected chi connectivity index (χ1v) is 7.57. The SMILES string of the molecule is Nc1nc2[nH]c(CC(=O)NN3CCC(C(=O)O)CC3)cc2c(=O)[nH]1. The molecule has 0 atom stereocenters. The number of aliphatic carboxylic acids is 1. The maximum absolute atomic E-state index is 12.1. The molecule has 0 bridgehead atoms. The normalized spacial score (nSPS) is 16.3. The predicted molar refractivity (Wildman–Crippen MR) is 84.9 cm³/mol. The molecule has 3 heterocycles. The van der Waals surface area contributed by atoms with Crippen LogP contribution in [-0.2, 0) is 16.0 Å². The Kier molecular flexibility index (Phi) is 4.21. The molecule has 1 saturated heterocycles. The zero-order valence-electron chi connectivity index (χ0n) is 12.8. The van der Waals surface area contributed by atoms with E-state index in [2.05, 4.69) is 20.4 Å². The van der Waals surface area contributed by atoms with Crippen molar-refractivity contribution in [3.05, 3.63) is 22.1 Å². The fourth-order valence-corrected chi connectivity index (χ4v) is 2.81. The van der Waals surface area contributed by atoms with Gasteiger partial charge >= 0.3 is 5.97 Å². The van der Waals surface area contributed by atoms with E-state index in [0.717, 1.165) is 0 Å². The van der Waals surface area contributed by atoms with Gasteiger partial charge in [0.05, 0.1) is 17.7 Å². The van der Waals surface area contributed by atoms with E-state index < -0.39 is 5.97 Å². The molecule has 1 aliphatic rings. The van der Waals surface area contributed by atoms with E-state index in [1.807, 2.05) is 0 Å². The van der Waals surface area contributed by atoms with Crippen LogP contribution in [0.1, 0.15) is 18.5 Å². The van der Waals surface area contributed by atoms with Crippen molar-refractivity contribution in [2.75, 3.05) is 18.8 Å². The van der Waals surface area contributed by atoms with E-state index in [4.69, 9.17) is 10.8 Å². The molecule has 6 N–H and O–H groups in total. The zero-order valence-corrected chi connectivity index (χ0v) is 12.8. The number of anilines is 1. The van der Waals surface area contributed by atoms with Crippen molar-refractivity contribution < 1.29 is 14.7 Å². The average Bonchev–Trinajstić information content (AvgIpc) is 2.90. The second-order valence-electron chi connectivity index (χ2n) is 5.82. The van der Waals surface area contributed by atoms with E-state index in [0.29, 0.717) is 42.7 Å². The van der Waals surface area contributed by atoms with E-state index in [1.165, 1.54) is 0 Å². The number of carbonyl (C=O) groups is 2. The Hall–Kier alpha value is -2.88. The predicted octanol–water partition coefficient (Wildman–Crippen LogP) is -0.796. The molecule has 10 heteroatoms. The van der Waals surface area contributed by atoms with Crippen LogP contribution in [0, 0.1) is 5.92 Å². The highest BCUT2D eigenvalue weighted by Gasteiger charge is 2.25. The summed E-state index contributed by atoms with van der Waals surface area (Å²) in [6, 6.07) is 1.57. The number of carboxylic acids is 1. The number of rotatable bonds is 4. The van der Waals surface area contributed by atoms with Crippen molar-refractivity contribution in [3.63, 3.8) is 0 Å². The van der Waals surface area contributed by atoms with Crippen LogP contribution in [-0.4, -0.2) is 50.0 Å². The molecule has 128 valence electrons. The van der Waals surface area contributed by atoms with Crippen molar-refractivity contribution >= 4 is 28.9 Å². The molecule has 1 aliphatic heterocycles. The minimum absolute atomic E-state index is 0.00616. The summed E-state index contributed by atoms with van der Waals surface area (Å²) < 4.78 is 0. The summed E-state index contributed by atoms with van der Waals surface area (Å²) in [6.45, 7) is 0.986. The van der Waals surface area contributed by atoms with Crippen LogP contribution in [0.25, 0.3) is 11.0 Å². The smallest absolute Gasteiger partial charge is 0.306 e. The molecule has 10 nitrogen and oxygen atoms in total. The first-order chi connectivity index (χ1) is 11.4. The van der Waals surface area contributed by atoms with Gasteiger partial charge in [-0.25, -0.2) is 5.01 Å². The van der Waals surface area contributed by atoms with Crippen molar-refractivity contribution in [2.45, 2.75) is 19.3 Å². The molecule has 24 heavy (non-hydrogen) atoms. The maximum Gasteiger partial charge on any atom is 0.306 e. The molecule has 0 saturated carbocycles. The Balaban J connectivity index is 1.60. The van der Waals surface area contributed by atoms with Crippen molar-refractivity contribution in [3.8, 4) is 0 Å². The van der Waals surface area contributed by atoms with Gasteiger partial charge in [-0.15, -0.1) is 0 Å². The molecule has 2 aromatic rings. The summed E-state index contributed by atoms with van der Waals surface area (Å²) in [4.78, 5) is 44.0. The number of hydrogen-bond acceptors (Lipinski definition) is 6. The Bertz CT molecular complexity index is 833. The van der Waals surface area contributed by atoms with E-state index >= 15 is 0 Å².